The topological polar surface area (TPSA) is 76.0 Å². The van der Waals surface area contributed by atoms with Crippen molar-refractivity contribution in [2.24, 2.45) is 0 Å². The number of hydrogen-bond acceptors (Lipinski definition) is 4. The molecule has 2 heterocycles. The summed E-state index contributed by atoms with van der Waals surface area (Å²) in [5.74, 6) is -1.92. The van der Waals surface area contributed by atoms with Crippen LogP contribution in [0.3, 0.4) is 0 Å². The summed E-state index contributed by atoms with van der Waals surface area (Å²) in [5.41, 5.74) is 0. The fourth-order valence-corrected chi connectivity index (χ4v) is 6.77. The molecular formula is C14H19F2N2O4S2+. The van der Waals surface area contributed by atoms with E-state index < -0.39 is 36.4 Å². The second-order valence-corrected chi connectivity index (χ2v) is 10.3. The highest BCUT2D eigenvalue weighted by Gasteiger charge is 2.40. The average molecular weight is 381 g/mol. The van der Waals surface area contributed by atoms with Gasteiger partial charge in [0.1, 0.15) is 23.4 Å². The molecule has 0 bridgehead atoms. The molecule has 2 saturated heterocycles. The Kier molecular flexibility index (Phi) is 4.67. The first kappa shape index (κ1) is 17.7. The Labute approximate surface area is 140 Å². The maximum absolute atomic E-state index is 13.8. The van der Waals surface area contributed by atoms with Crippen molar-refractivity contribution in [1.29, 1.82) is 0 Å². The predicted molar refractivity (Wildman–Crippen MR) is 82.9 cm³/mol. The van der Waals surface area contributed by atoms with Crippen LogP contribution in [0.25, 0.3) is 0 Å². The molecule has 1 aromatic rings. The molecule has 0 radical (unpaired) electrons. The maximum atomic E-state index is 13.8. The molecular weight excluding hydrogens is 362 g/mol. The first-order chi connectivity index (χ1) is 11.2. The van der Waals surface area contributed by atoms with Crippen LogP contribution in [-0.4, -0.2) is 64.9 Å². The summed E-state index contributed by atoms with van der Waals surface area (Å²) in [6.45, 7) is 1.08. The number of rotatable bonds is 3. The van der Waals surface area contributed by atoms with E-state index in [0.29, 0.717) is 19.5 Å². The third kappa shape index (κ3) is 3.32. The highest BCUT2D eigenvalue weighted by atomic mass is 32.2. The fourth-order valence-electron chi connectivity index (χ4n) is 3.40. The third-order valence-electron chi connectivity index (χ3n) is 4.69. The molecule has 24 heavy (non-hydrogen) atoms. The number of piperazine rings is 1. The SMILES string of the molecule is O=S1(=O)CC[C@H]([NH+]2CCN(S(=O)(=O)c3c(F)cccc3F)CC2)C1. The molecule has 2 aliphatic rings. The molecule has 1 aromatic carbocycles. The number of sulfonamides is 1. The van der Waals surface area contributed by atoms with E-state index in [9.17, 15) is 25.6 Å². The first-order valence-corrected chi connectivity index (χ1v) is 11.0. The van der Waals surface area contributed by atoms with Gasteiger partial charge < -0.3 is 4.90 Å². The second kappa shape index (κ2) is 6.32. The summed E-state index contributed by atoms with van der Waals surface area (Å²) in [6, 6.07) is 2.93. The first-order valence-electron chi connectivity index (χ1n) is 7.70. The van der Waals surface area contributed by atoms with Crippen LogP contribution in [0.1, 0.15) is 6.42 Å². The van der Waals surface area contributed by atoms with Gasteiger partial charge in [-0.25, -0.2) is 25.6 Å². The van der Waals surface area contributed by atoms with Gasteiger partial charge in [-0.15, -0.1) is 0 Å². The van der Waals surface area contributed by atoms with E-state index in [2.05, 4.69) is 0 Å². The Bertz CT molecular complexity index is 814. The molecule has 10 heteroatoms. The Balaban J connectivity index is 1.72. The molecule has 1 N–H and O–H groups in total. The van der Waals surface area contributed by atoms with Gasteiger partial charge in [-0.2, -0.15) is 4.31 Å². The number of halogens is 2. The minimum Gasteiger partial charge on any atom is -0.329 e. The van der Waals surface area contributed by atoms with Crippen molar-refractivity contribution in [1.82, 2.24) is 4.31 Å². The molecule has 1 atom stereocenters. The van der Waals surface area contributed by atoms with Crippen molar-refractivity contribution in [2.45, 2.75) is 17.4 Å². The molecule has 0 saturated carbocycles. The van der Waals surface area contributed by atoms with Crippen LogP contribution in [0.5, 0.6) is 0 Å². The molecule has 134 valence electrons. The molecule has 0 spiro atoms. The number of sulfone groups is 1. The molecule has 0 unspecified atom stereocenters. The molecule has 3 rings (SSSR count). The van der Waals surface area contributed by atoms with Gasteiger partial charge in [-0.1, -0.05) is 6.07 Å². The molecule has 0 aromatic heterocycles. The van der Waals surface area contributed by atoms with E-state index >= 15 is 0 Å². The van der Waals surface area contributed by atoms with Crippen LogP contribution in [0.4, 0.5) is 8.78 Å². The Morgan fingerprint density at radius 1 is 1.12 bits per heavy atom. The zero-order chi connectivity index (χ0) is 17.5. The number of nitrogens with one attached hydrogen (secondary N) is 1. The smallest absolute Gasteiger partial charge is 0.249 e. The van der Waals surface area contributed by atoms with Crippen molar-refractivity contribution in [3.05, 3.63) is 29.8 Å². The van der Waals surface area contributed by atoms with Crippen LogP contribution in [0.2, 0.25) is 0 Å². The van der Waals surface area contributed by atoms with Crippen molar-refractivity contribution >= 4 is 19.9 Å². The minimum absolute atomic E-state index is 0.0231. The standard InChI is InChI=1S/C14H18F2N2O4S2/c15-12-2-1-3-13(16)14(12)24(21,22)18-7-5-17(6-8-18)11-4-9-23(19,20)10-11/h1-3,11H,4-10H2/p+1/t11-/m0/s1. The van der Waals surface area contributed by atoms with Gasteiger partial charge in [0.2, 0.25) is 10.0 Å². The summed E-state index contributed by atoms with van der Waals surface area (Å²) in [7, 11) is -7.23. The molecule has 6 nitrogen and oxygen atoms in total. The lowest BCUT2D eigenvalue weighted by Crippen LogP contribution is -3.18. The van der Waals surface area contributed by atoms with Gasteiger partial charge >= 0.3 is 0 Å². The van der Waals surface area contributed by atoms with Gasteiger partial charge in [-0.3, -0.25) is 0 Å². The lowest BCUT2D eigenvalue weighted by atomic mass is 10.2. The summed E-state index contributed by atoms with van der Waals surface area (Å²) < 4.78 is 76.8. The van der Waals surface area contributed by atoms with E-state index in [0.717, 1.165) is 27.4 Å². The van der Waals surface area contributed by atoms with Gasteiger partial charge in [0.25, 0.3) is 0 Å². The van der Waals surface area contributed by atoms with Crippen molar-refractivity contribution in [3.63, 3.8) is 0 Å². The summed E-state index contributed by atoms with van der Waals surface area (Å²) in [6.07, 6.45) is 0.576. The lowest BCUT2D eigenvalue weighted by molar-refractivity contribution is -0.925. The number of benzene rings is 1. The zero-order valence-corrected chi connectivity index (χ0v) is 14.5. The highest BCUT2D eigenvalue weighted by Crippen LogP contribution is 2.22. The van der Waals surface area contributed by atoms with Crippen LogP contribution < -0.4 is 4.90 Å². The fraction of sp³-hybridized carbons (Fsp3) is 0.571. The number of hydrogen-bond donors (Lipinski definition) is 1. The van der Waals surface area contributed by atoms with Gasteiger partial charge in [-0.05, 0) is 12.1 Å². The van der Waals surface area contributed by atoms with Crippen LogP contribution >= 0.6 is 0 Å². The van der Waals surface area contributed by atoms with Crippen molar-refractivity contribution in [3.8, 4) is 0 Å². The van der Waals surface area contributed by atoms with Crippen LogP contribution in [0, 0.1) is 11.6 Å². The van der Waals surface area contributed by atoms with E-state index in [4.69, 9.17) is 0 Å². The van der Waals surface area contributed by atoms with E-state index in [1.165, 1.54) is 0 Å². The van der Waals surface area contributed by atoms with E-state index in [-0.39, 0.29) is 30.6 Å². The molecule has 0 amide bonds. The maximum Gasteiger partial charge on any atom is 0.249 e. The summed E-state index contributed by atoms with van der Waals surface area (Å²) in [4.78, 5) is 0.119. The summed E-state index contributed by atoms with van der Waals surface area (Å²) >= 11 is 0. The number of quaternary nitrogens is 1. The Hall–Kier alpha value is -1.10. The third-order valence-corrected chi connectivity index (χ3v) is 8.41. The van der Waals surface area contributed by atoms with Crippen molar-refractivity contribution in [2.75, 3.05) is 37.7 Å². The average Bonchev–Trinajstić information content (AvgIpc) is 2.87. The largest absolute Gasteiger partial charge is 0.329 e. The normalized spacial score (nSPS) is 25.8. The Morgan fingerprint density at radius 2 is 1.71 bits per heavy atom. The Morgan fingerprint density at radius 3 is 2.21 bits per heavy atom. The molecule has 2 fully saturated rings. The molecule has 0 aliphatic carbocycles. The minimum atomic E-state index is -4.24. The number of nitrogens with zero attached hydrogens (tertiary/aromatic N) is 1. The van der Waals surface area contributed by atoms with Gasteiger partial charge in [0.15, 0.2) is 14.7 Å². The highest BCUT2D eigenvalue weighted by molar-refractivity contribution is 7.91. The second-order valence-electron chi connectivity index (χ2n) is 6.21. The zero-order valence-electron chi connectivity index (χ0n) is 12.9. The van der Waals surface area contributed by atoms with Gasteiger partial charge in [0, 0.05) is 6.42 Å². The van der Waals surface area contributed by atoms with Crippen LogP contribution in [-0.2, 0) is 19.9 Å². The van der Waals surface area contributed by atoms with Gasteiger partial charge in [0.05, 0.1) is 31.9 Å². The quantitative estimate of drug-likeness (QED) is 0.732. The summed E-state index contributed by atoms with van der Waals surface area (Å²) in [5, 5.41) is 0. The lowest BCUT2D eigenvalue weighted by Gasteiger charge is -2.34. The van der Waals surface area contributed by atoms with Crippen molar-refractivity contribution < 1.29 is 30.5 Å². The van der Waals surface area contributed by atoms with E-state index in [1.54, 1.807) is 0 Å². The van der Waals surface area contributed by atoms with E-state index in [1.807, 2.05) is 0 Å². The monoisotopic (exact) mass is 381 g/mol. The van der Waals surface area contributed by atoms with Crippen LogP contribution in [0.15, 0.2) is 23.1 Å². The molecule has 2 aliphatic heterocycles. The predicted octanol–water partition coefficient (Wildman–Crippen LogP) is -0.959.